The first-order valence-electron chi connectivity index (χ1n) is 14.8. The van der Waals surface area contributed by atoms with Crippen LogP contribution in [-0.4, -0.2) is 0 Å². The Labute approximate surface area is 254 Å². The van der Waals surface area contributed by atoms with Crippen LogP contribution in [0.2, 0.25) is 0 Å². The third kappa shape index (κ3) is 3.97. The van der Waals surface area contributed by atoms with Crippen LogP contribution in [0.1, 0.15) is 0 Å². The number of fused-ring (bicyclic) bond motifs is 8. The van der Waals surface area contributed by atoms with Gasteiger partial charge in [-0.15, -0.1) is 11.3 Å². The molecular formula is C42H26S. The van der Waals surface area contributed by atoms with Crippen LogP contribution in [0.3, 0.4) is 0 Å². The molecule has 0 spiro atoms. The fourth-order valence-electron chi connectivity index (χ4n) is 6.67. The molecule has 1 heterocycles. The number of hydrogen-bond donors (Lipinski definition) is 0. The molecule has 43 heavy (non-hydrogen) atoms. The van der Waals surface area contributed by atoms with Crippen LogP contribution in [-0.2, 0) is 0 Å². The minimum absolute atomic E-state index is 1.23. The van der Waals surface area contributed by atoms with Crippen LogP contribution in [0.25, 0.3) is 85.9 Å². The van der Waals surface area contributed by atoms with E-state index in [2.05, 4.69) is 158 Å². The largest absolute Gasteiger partial charge is 0.135 e. The molecule has 8 aromatic carbocycles. The van der Waals surface area contributed by atoms with Crippen LogP contribution in [0.15, 0.2) is 158 Å². The Morgan fingerprint density at radius 3 is 1.60 bits per heavy atom. The van der Waals surface area contributed by atoms with Crippen molar-refractivity contribution in [3.63, 3.8) is 0 Å². The summed E-state index contributed by atoms with van der Waals surface area (Å²) in [5, 5.41) is 10.5. The highest BCUT2D eigenvalue weighted by Gasteiger charge is 2.11. The van der Waals surface area contributed by atoms with Gasteiger partial charge in [0, 0.05) is 20.2 Å². The van der Waals surface area contributed by atoms with E-state index in [0.717, 1.165) is 0 Å². The Bertz CT molecular complexity index is 2480. The molecule has 0 bridgehead atoms. The molecule has 1 aromatic heterocycles. The molecular weight excluding hydrogens is 537 g/mol. The average molecular weight is 563 g/mol. The molecule has 1 heteroatoms. The lowest BCUT2D eigenvalue weighted by Gasteiger charge is -2.10. The second-order valence-electron chi connectivity index (χ2n) is 11.3. The molecule has 9 rings (SSSR count). The molecule has 0 unspecified atom stereocenters. The average Bonchev–Trinajstić information content (AvgIpc) is 3.47. The van der Waals surface area contributed by atoms with Crippen molar-refractivity contribution in [2.24, 2.45) is 0 Å². The third-order valence-corrected chi connectivity index (χ3v) is 10.1. The second kappa shape index (κ2) is 9.66. The van der Waals surface area contributed by atoms with Gasteiger partial charge in [0.2, 0.25) is 0 Å². The Kier molecular flexibility index (Phi) is 5.47. The number of thiophene rings is 1. The van der Waals surface area contributed by atoms with Gasteiger partial charge >= 0.3 is 0 Å². The van der Waals surface area contributed by atoms with Crippen LogP contribution in [0.5, 0.6) is 0 Å². The van der Waals surface area contributed by atoms with E-state index in [0.29, 0.717) is 0 Å². The van der Waals surface area contributed by atoms with Gasteiger partial charge in [-0.05, 0) is 77.8 Å². The van der Waals surface area contributed by atoms with Gasteiger partial charge in [0.05, 0.1) is 0 Å². The van der Waals surface area contributed by atoms with Crippen LogP contribution in [0, 0.1) is 0 Å². The van der Waals surface area contributed by atoms with Crippen molar-refractivity contribution in [3.05, 3.63) is 158 Å². The summed E-state index contributed by atoms with van der Waals surface area (Å²) in [6, 6.07) is 58.0. The van der Waals surface area contributed by atoms with E-state index in [1.807, 2.05) is 11.3 Å². The molecule has 0 fully saturated rings. The van der Waals surface area contributed by atoms with Crippen LogP contribution in [0.4, 0.5) is 0 Å². The van der Waals surface area contributed by atoms with Gasteiger partial charge in [-0.1, -0.05) is 146 Å². The molecule has 0 saturated carbocycles. The summed E-state index contributed by atoms with van der Waals surface area (Å²) in [6.45, 7) is 0. The highest BCUT2D eigenvalue weighted by atomic mass is 32.1. The zero-order chi connectivity index (χ0) is 28.3. The Hall–Kier alpha value is -5.24. The highest BCUT2D eigenvalue weighted by Crippen LogP contribution is 2.40. The SMILES string of the molecule is c1ccc2c(c1)ccc1c3cc(-c4ccc(-c5ccc(-c6cccc7c6sc6ccccc67)cc5)cc4)ccc3ccc21. The molecule has 0 aliphatic heterocycles. The standard InChI is InChI=1S/C42H26S/c1-2-7-34-30(6-1)22-25-37-36(34)24-23-32-20-21-33(26-40(32)37)29-14-12-27(13-15-29)28-16-18-31(19-17-28)35-9-5-10-39-38-8-3-4-11-41(38)43-42(35)39/h1-26H. The van der Waals surface area contributed by atoms with E-state index in [-0.39, 0.29) is 0 Å². The lowest BCUT2D eigenvalue weighted by Crippen LogP contribution is -1.84. The molecule has 0 aliphatic rings. The first kappa shape index (κ1) is 24.4. The highest BCUT2D eigenvalue weighted by molar-refractivity contribution is 7.26. The van der Waals surface area contributed by atoms with Crippen LogP contribution < -0.4 is 0 Å². The molecule has 0 radical (unpaired) electrons. The fraction of sp³-hybridized carbons (Fsp3) is 0. The Balaban J connectivity index is 1.05. The maximum atomic E-state index is 2.35. The maximum absolute atomic E-state index is 2.35. The molecule has 9 aromatic rings. The molecule has 0 amide bonds. The van der Waals surface area contributed by atoms with Crippen molar-refractivity contribution in [3.8, 4) is 33.4 Å². The molecule has 0 nitrogen and oxygen atoms in total. The summed E-state index contributed by atoms with van der Waals surface area (Å²) in [5.41, 5.74) is 7.50. The summed E-state index contributed by atoms with van der Waals surface area (Å²) in [6.07, 6.45) is 0. The monoisotopic (exact) mass is 562 g/mol. The van der Waals surface area contributed by atoms with E-state index in [4.69, 9.17) is 0 Å². The van der Waals surface area contributed by atoms with E-state index in [1.165, 1.54) is 85.9 Å². The van der Waals surface area contributed by atoms with Crippen molar-refractivity contribution in [1.82, 2.24) is 0 Å². The smallest absolute Gasteiger partial charge is 0.0433 e. The zero-order valence-electron chi connectivity index (χ0n) is 23.4. The van der Waals surface area contributed by atoms with Crippen molar-refractivity contribution in [2.45, 2.75) is 0 Å². The summed E-state index contributed by atoms with van der Waals surface area (Å²) >= 11 is 1.88. The lowest BCUT2D eigenvalue weighted by molar-refractivity contribution is 1.60. The van der Waals surface area contributed by atoms with E-state index in [9.17, 15) is 0 Å². The molecule has 0 atom stereocenters. The Morgan fingerprint density at radius 2 is 0.837 bits per heavy atom. The van der Waals surface area contributed by atoms with Gasteiger partial charge in [-0.2, -0.15) is 0 Å². The maximum Gasteiger partial charge on any atom is 0.0433 e. The van der Waals surface area contributed by atoms with Gasteiger partial charge in [-0.25, -0.2) is 0 Å². The van der Waals surface area contributed by atoms with Gasteiger partial charge in [-0.3, -0.25) is 0 Å². The predicted octanol–water partition coefficient (Wildman–Crippen LogP) is 12.5. The lowest BCUT2D eigenvalue weighted by atomic mass is 9.94. The second-order valence-corrected chi connectivity index (χ2v) is 12.4. The van der Waals surface area contributed by atoms with E-state index >= 15 is 0 Å². The first-order chi connectivity index (χ1) is 21.3. The minimum atomic E-state index is 1.23. The van der Waals surface area contributed by atoms with Gasteiger partial charge in [0.25, 0.3) is 0 Å². The van der Waals surface area contributed by atoms with Crippen LogP contribution >= 0.6 is 11.3 Å². The topological polar surface area (TPSA) is 0 Å². The first-order valence-corrected chi connectivity index (χ1v) is 15.6. The van der Waals surface area contributed by atoms with Gasteiger partial charge in [0.15, 0.2) is 0 Å². The fourth-order valence-corrected chi connectivity index (χ4v) is 7.91. The molecule has 200 valence electrons. The van der Waals surface area contributed by atoms with Crippen molar-refractivity contribution < 1.29 is 0 Å². The van der Waals surface area contributed by atoms with Gasteiger partial charge in [0.1, 0.15) is 0 Å². The van der Waals surface area contributed by atoms with Gasteiger partial charge < -0.3 is 0 Å². The van der Waals surface area contributed by atoms with Crippen molar-refractivity contribution in [2.75, 3.05) is 0 Å². The summed E-state index contributed by atoms with van der Waals surface area (Å²) in [7, 11) is 0. The summed E-state index contributed by atoms with van der Waals surface area (Å²) < 4.78 is 2.70. The molecule has 0 saturated heterocycles. The molecule has 0 N–H and O–H groups in total. The minimum Gasteiger partial charge on any atom is -0.135 e. The quantitative estimate of drug-likeness (QED) is 0.188. The predicted molar refractivity (Wildman–Crippen MR) is 188 cm³/mol. The number of hydrogen-bond acceptors (Lipinski definition) is 1. The van der Waals surface area contributed by atoms with Crippen molar-refractivity contribution >= 4 is 63.8 Å². The van der Waals surface area contributed by atoms with Crippen molar-refractivity contribution in [1.29, 1.82) is 0 Å². The zero-order valence-corrected chi connectivity index (χ0v) is 24.2. The number of benzene rings is 8. The number of rotatable bonds is 3. The summed E-state index contributed by atoms with van der Waals surface area (Å²) in [5.74, 6) is 0. The molecule has 0 aliphatic carbocycles. The van der Waals surface area contributed by atoms with E-state index < -0.39 is 0 Å². The van der Waals surface area contributed by atoms with E-state index in [1.54, 1.807) is 0 Å². The normalized spacial score (nSPS) is 11.7. The Morgan fingerprint density at radius 1 is 0.302 bits per heavy atom. The summed E-state index contributed by atoms with van der Waals surface area (Å²) in [4.78, 5) is 0. The third-order valence-electron chi connectivity index (χ3n) is 8.90.